The Balaban J connectivity index is 1.87. The summed E-state index contributed by atoms with van der Waals surface area (Å²) < 4.78 is 2.23. The predicted octanol–water partition coefficient (Wildman–Crippen LogP) is 1.70. The van der Waals surface area contributed by atoms with Crippen molar-refractivity contribution >= 4 is 17.7 Å². The number of aromatic nitrogens is 2. The SMILES string of the molecule is CCc1nccn1CC1(CNC(=O)CSC)CC1. The van der Waals surface area contributed by atoms with Gasteiger partial charge in [0.15, 0.2) is 0 Å². The van der Waals surface area contributed by atoms with Crippen LogP contribution in [-0.2, 0) is 17.8 Å². The molecule has 2 rings (SSSR count). The zero-order chi connectivity index (χ0) is 13.0. The van der Waals surface area contributed by atoms with E-state index in [9.17, 15) is 4.79 Å². The Morgan fingerprint density at radius 2 is 2.39 bits per heavy atom. The van der Waals surface area contributed by atoms with Crippen molar-refractivity contribution in [3.8, 4) is 0 Å². The fourth-order valence-electron chi connectivity index (χ4n) is 2.20. The van der Waals surface area contributed by atoms with Gasteiger partial charge in [0.25, 0.3) is 0 Å². The van der Waals surface area contributed by atoms with Crippen molar-refractivity contribution in [2.45, 2.75) is 32.7 Å². The Labute approximate surface area is 113 Å². The molecule has 4 nitrogen and oxygen atoms in total. The van der Waals surface area contributed by atoms with Gasteiger partial charge in [-0.15, -0.1) is 0 Å². The topological polar surface area (TPSA) is 46.9 Å². The van der Waals surface area contributed by atoms with E-state index in [0.29, 0.717) is 5.75 Å². The maximum atomic E-state index is 11.5. The highest BCUT2D eigenvalue weighted by Gasteiger charge is 2.43. The van der Waals surface area contributed by atoms with Crippen molar-refractivity contribution in [1.29, 1.82) is 0 Å². The molecule has 0 unspecified atom stereocenters. The highest BCUT2D eigenvalue weighted by Crippen LogP contribution is 2.46. The molecule has 0 bridgehead atoms. The van der Waals surface area contributed by atoms with Crippen molar-refractivity contribution < 1.29 is 4.79 Å². The second kappa shape index (κ2) is 5.78. The summed E-state index contributed by atoms with van der Waals surface area (Å²) in [4.78, 5) is 15.8. The third-order valence-corrected chi connectivity index (χ3v) is 4.07. The van der Waals surface area contributed by atoms with Gasteiger partial charge in [-0.05, 0) is 19.1 Å². The van der Waals surface area contributed by atoms with E-state index in [2.05, 4.69) is 21.8 Å². The molecule has 1 aliphatic carbocycles. The number of hydrogen-bond donors (Lipinski definition) is 1. The molecule has 5 heteroatoms. The largest absolute Gasteiger partial charge is 0.355 e. The zero-order valence-electron chi connectivity index (χ0n) is 11.1. The second-order valence-corrected chi connectivity index (χ2v) is 5.90. The van der Waals surface area contributed by atoms with E-state index in [0.717, 1.165) is 25.3 Å². The summed E-state index contributed by atoms with van der Waals surface area (Å²) >= 11 is 1.56. The number of aryl methyl sites for hydroxylation is 1. The monoisotopic (exact) mass is 267 g/mol. The minimum absolute atomic E-state index is 0.148. The molecule has 0 aromatic carbocycles. The summed E-state index contributed by atoms with van der Waals surface area (Å²) in [6.07, 6.45) is 9.22. The van der Waals surface area contributed by atoms with E-state index in [1.54, 1.807) is 11.8 Å². The number of nitrogens with one attached hydrogen (secondary N) is 1. The van der Waals surface area contributed by atoms with Gasteiger partial charge in [-0.3, -0.25) is 4.79 Å². The van der Waals surface area contributed by atoms with Gasteiger partial charge in [0.1, 0.15) is 5.82 Å². The van der Waals surface area contributed by atoms with Gasteiger partial charge < -0.3 is 9.88 Å². The average Bonchev–Trinajstić information content (AvgIpc) is 2.97. The number of hydrogen-bond acceptors (Lipinski definition) is 3. The van der Waals surface area contributed by atoms with Gasteiger partial charge in [-0.25, -0.2) is 4.98 Å². The molecule has 0 aliphatic heterocycles. The number of nitrogens with zero attached hydrogens (tertiary/aromatic N) is 2. The number of rotatable bonds is 7. The molecule has 0 saturated heterocycles. The molecular formula is C13H21N3OS. The van der Waals surface area contributed by atoms with Crippen LogP contribution in [-0.4, -0.2) is 34.0 Å². The number of thioether (sulfide) groups is 1. The van der Waals surface area contributed by atoms with Crippen LogP contribution in [0.15, 0.2) is 12.4 Å². The van der Waals surface area contributed by atoms with Crippen LogP contribution in [0.3, 0.4) is 0 Å². The van der Waals surface area contributed by atoms with Crippen LogP contribution in [0.2, 0.25) is 0 Å². The average molecular weight is 267 g/mol. The lowest BCUT2D eigenvalue weighted by molar-refractivity contribution is -0.118. The molecule has 1 saturated carbocycles. The molecular weight excluding hydrogens is 246 g/mol. The van der Waals surface area contributed by atoms with E-state index in [1.165, 1.54) is 12.8 Å². The van der Waals surface area contributed by atoms with E-state index >= 15 is 0 Å². The first-order valence-electron chi connectivity index (χ1n) is 6.45. The van der Waals surface area contributed by atoms with E-state index in [-0.39, 0.29) is 11.3 Å². The summed E-state index contributed by atoms with van der Waals surface area (Å²) in [5.41, 5.74) is 0.276. The normalized spacial score (nSPS) is 16.6. The van der Waals surface area contributed by atoms with Gasteiger partial charge in [0.05, 0.1) is 5.75 Å². The standard InChI is InChI=1S/C13H21N3OS/c1-3-11-14-6-7-16(11)10-13(4-5-13)9-15-12(17)8-18-2/h6-7H,3-5,8-10H2,1-2H3,(H,15,17). The number of carbonyl (C=O) groups excluding carboxylic acids is 1. The third-order valence-electron chi connectivity index (χ3n) is 3.52. The molecule has 18 heavy (non-hydrogen) atoms. The maximum absolute atomic E-state index is 11.5. The number of amides is 1. The smallest absolute Gasteiger partial charge is 0.230 e. The molecule has 1 aromatic heterocycles. The van der Waals surface area contributed by atoms with Gasteiger partial charge in [-0.2, -0.15) is 11.8 Å². The second-order valence-electron chi connectivity index (χ2n) is 5.03. The van der Waals surface area contributed by atoms with Gasteiger partial charge in [0.2, 0.25) is 5.91 Å². The lowest BCUT2D eigenvalue weighted by Gasteiger charge is -2.18. The molecule has 0 radical (unpaired) electrons. The number of imidazole rings is 1. The van der Waals surface area contributed by atoms with Crippen LogP contribution < -0.4 is 5.32 Å². The van der Waals surface area contributed by atoms with Crippen LogP contribution in [0.1, 0.15) is 25.6 Å². The summed E-state index contributed by atoms with van der Waals surface area (Å²) in [5.74, 6) is 1.84. The third kappa shape index (κ3) is 3.28. The quantitative estimate of drug-likeness (QED) is 0.818. The van der Waals surface area contributed by atoms with Crippen molar-refractivity contribution in [2.24, 2.45) is 5.41 Å². The lowest BCUT2D eigenvalue weighted by atomic mass is 10.1. The Morgan fingerprint density at radius 1 is 1.61 bits per heavy atom. The van der Waals surface area contributed by atoms with E-state index in [4.69, 9.17) is 0 Å². The van der Waals surface area contributed by atoms with Crippen LogP contribution in [0, 0.1) is 5.41 Å². The Hall–Kier alpha value is -0.970. The van der Waals surface area contributed by atoms with Crippen LogP contribution >= 0.6 is 11.8 Å². The van der Waals surface area contributed by atoms with Crippen molar-refractivity contribution in [1.82, 2.24) is 14.9 Å². The maximum Gasteiger partial charge on any atom is 0.230 e. The Morgan fingerprint density at radius 3 is 3.00 bits per heavy atom. The molecule has 1 amide bonds. The molecule has 1 heterocycles. The fourth-order valence-corrected chi connectivity index (χ4v) is 2.56. The molecule has 0 atom stereocenters. The molecule has 100 valence electrons. The van der Waals surface area contributed by atoms with Crippen molar-refractivity contribution in [3.63, 3.8) is 0 Å². The highest BCUT2D eigenvalue weighted by molar-refractivity contribution is 7.99. The molecule has 1 aromatic rings. The van der Waals surface area contributed by atoms with Crippen molar-refractivity contribution in [3.05, 3.63) is 18.2 Å². The Bertz CT molecular complexity index is 412. The van der Waals surface area contributed by atoms with Crippen LogP contribution in [0.5, 0.6) is 0 Å². The first-order chi connectivity index (χ1) is 8.69. The van der Waals surface area contributed by atoms with Crippen molar-refractivity contribution in [2.75, 3.05) is 18.6 Å². The molecule has 1 fully saturated rings. The highest BCUT2D eigenvalue weighted by atomic mass is 32.2. The van der Waals surface area contributed by atoms with Crippen LogP contribution in [0.25, 0.3) is 0 Å². The fraction of sp³-hybridized carbons (Fsp3) is 0.692. The summed E-state index contributed by atoms with van der Waals surface area (Å²) in [5, 5.41) is 3.04. The van der Waals surface area contributed by atoms with Crippen LogP contribution in [0.4, 0.5) is 0 Å². The van der Waals surface area contributed by atoms with E-state index in [1.807, 2.05) is 18.6 Å². The summed E-state index contributed by atoms with van der Waals surface area (Å²) in [6, 6.07) is 0. The molecule has 0 spiro atoms. The minimum atomic E-state index is 0.148. The van der Waals surface area contributed by atoms with Gasteiger partial charge in [0, 0.05) is 37.3 Å². The first-order valence-corrected chi connectivity index (χ1v) is 7.84. The zero-order valence-corrected chi connectivity index (χ0v) is 11.9. The van der Waals surface area contributed by atoms with E-state index < -0.39 is 0 Å². The Kier molecular flexibility index (Phi) is 4.32. The molecule has 1 N–H and O–H groups in total. The molecule has 1 aliphatic rings. The minimum Gasteiger partial charge on any atom is -0.355 e. The van der Waals surface area contributed by atoms with Gasteiger partial charge >= 0.3 is 0 Å². The summed E-state index contributed by atoms with van der Waals surface area (Å²) in [6.45, 7) is 3.90. The first kappa shape index (κ1) is 13.5. The predicted molar refractivity (Wildman–Crippen MR) is 74.7 cm³/mol. The summed E-state index contributed by atoms with van der Waals surface area (Å²) in [7, 11) is 0. The lowest BCUT2D eigenvalue weighted by Crippen LogP contribution is -2.33. The van der Waals surface area contributed by atoms with Gasteiger partial charge in [-0.1, -0.05) is 6.92 Å². The number of carbonyl (C=O) groups is 1.